The zero-order chi connectivity index (χ0) is 21.3. The largest absolute Gasteiger partial charge is 0.287 e. The molecule has 0 unspecified atom stereocenters. The molecular formula is C20H16FN5O3S. The highest BCUT2D eigenvalue weighted by molar-refractivity contribution is 7.89. The van der Waals surface area contributed by atoms with E-state index in [1.54, 1.807) is 30.3 Å². The van der Waals surface area contributed by atoms with E-state index >= 15 is 0 Å². The second-order valence-corrected chi connectivity index (χ2v) is 8.17. The molecular weight excluding hydrogens is 409 g/mol. The van der Waals surface area contributed by atoms with Crippen LogP contribution in [0.2, 0.25) is 0 Å². The van der Waals surface area contributed by atoms with Crippen molar-refractivity contribution in [1.82, 2.24) is 24.3 Å². The number of hydrogen-bond acceptors (Lipinski definition) is 5. The topological polar surface area (TPSA) is 98.9 Å². The molecule has 2 aromatic carbocycles. The summed E-state index contributed by atoms with van der Waals surface area (Å²) in [5.41, 5.74) is 1.19. The first kappa shape index (κ1) is 19.7. The fourth-order valence-corrected chi connectivity index (χ4v) is 3.65. The lowest BCUT2D eigenvalue weighted by Crippen LogP contribution is -2.18. The Morgan fingerprint density at radius 1 is 1.00 bits per heavy atom. The highest BCUT2D eigenvalue weighted by atomic mass is 32.2. The van der Waals surface area contributed by atoms with E-state index in [2.05, 4.69) is 14.9 Å². The molecule has 2 aromatic heterocycles. The monoisotopic (exact) mass is 425 g/mol. The number of halogens is 1. The van der Waals surface area contributed by atoms with Crippen LogP contribution in [0, 0.1) is 5.82 Å². The van der Waals surface area contributed by atoms with Crippen molar-refractivity contribution in [2.24, 2.45) is 0 Å². The van der Waals surface area contributed by atoms with E-state index in [0.29, 0.717) is 17.1 Å². The molecule has 0 radical (unpaired) electrons. The van der Waals surface area contributed by atoms with Crippen LogP contribution < -0.4 is 10.2 Å². The standard InChI is InChI=1S/C20H16FN5O3S/c1-22-30(28,29)17-7-5-15(6-8-17)25-12-10-19(27)20(24-25)18-9-11-23-26(18)16-4-2-3-14(21)13-16/h2-13,22H,1H3. The molecule has 0 saturated carbocycles. The van der Waals surface area contributed by atoms with Crippen LogP contribution in [0.25, 0.3) is 22.8 Å². The Morgan fingerprint density at radius 2 is 1.77 bits per heavy atom. The third-order valence-corrected chi connectivity index (χ3v) is 5.86. The third kappa shape index (κ3) is 3.65. The number of aromatic nitrogens is 4. The van der Waals surface area contributed by atoms with Gasteiger partial charge in [0, 0.05) is 12.3 Å². The van der Waals surface area contributed by atoms with Gasteiger partial charge in [-0.05, 0) is 55.6 Å². The highest BCUT2D eigenvalue weighted by Crippen LogP contribution is 2.19. The van der Waals surface area contributed by atoms with Crippen molar-refractivity contribution in [2.45, 2.75) is 4.90 Å². The fourth-order valence-electron chi connectivity index (χ4n) is 2.92. The molecule has 0 fully saturated rings. The Bertz CT molecular complexity index is 1380. The van der Waals surface area contributed by atoms with Crippen LogP contribution in [0.15, 0.2) is 82.7 Å². The molecule has 0 saturated heterocycles. The van der Waals surface area contributed by atoms with Gasteiger partial charge >= 0.3 is 0 Å². The number of rotatable bonds is 5. The van der Waals surface area contributed by atoms with E-state index in [1.165, 1.54) is 59.1 Å². The Labute approximate surface area is 171 Å². The summed E-state index contributed by atoms with van der Waals surface area (Å²) in [7, 11) is -2.23. The van der Waals surface area contributed by atoms with Crippen molar-refractivity contribution in [3.8, 4) is 22.8 Å². The lowest BCUT2D eigenvalue weighted by molar-refractivity contribution is 0.588. The lowest BCUT2D eigenvalue weighted by Gasteiger charge is -2.10. The van der Waals surface area contributed by atoms with Crippen LogP contribution in [0.4, 0.5) is 4.39 Å². The van der Waals surface area contributed by atoms with E-state index in [9.17, 15) is 17.6 Å². The number of hydrogen-bond donors (Lipinski definition) is 1. The molecule has 4 aromatic rings. The van der Waals surface area contributed by atoms with Gasteiger partial charge in [-0.25, -0.2) is 26.9 Å². The number of nitrogens with one attached hydrogen (secondary N) is 1. The Hall–Kier alpha value is -3.63. The smallest absolute Gasteiger partial charge is 0.240 e. The van der Waals surface area contributed by atoms with Gasteiger partial charge in [-0.2, -0.15) is 10.2 Å². The first-order valence-electron chi connectivity index (χ1n) is 8.83. The summed E-state index contributed by atoms with van der Waals surface area (Å²) < 4.78 is 42.5. The van der Waals surface area contributed by atoms with Crippen molar-refractivity contribution < 1.29 is 12.8 Å². The number of sulfonamides is 1. The predicted octanol–water partition coefficient (Wildman–Crippen LogP) is 2.13. The number of benzene rings is 2. The molecule has 0 aliphatic carbocycles. The van der Waals surface area contributed by atoms with Gasteiger partial charge in [0.05, 0.1) is 28.2 Å². The summed E-state index contributed by atoms with van der Waals surface area (Å²) in [6, 6.07) is 14.8. The summed E-state index contributed by atoms with van der Waals surface area (Å²) in [5, 5.41) is 8.57. The lowest BCUT2D eigenvalue weighted by atomic mass is 10.2. The first-order chi connectivity index (χ1) is 14.4. The van der Waals surface area contributed by atoms with Crippen molar-refractivity contribution in [3.05, 3.63) is 89.1 Å². The first-order valence-corrected chi connectivity index (χ1v) is 10.3. The molecule has 0 aliphatic rings. The Morgan fingerprint density at radius 3 is 2.47 bits per heavy atom. The maximum atomic E-state index is 13.6. The summed E-state index contributed by atoms with van der Waals surface area (Å²) in [6.45, 7) is 0. The molecule has 0 spiro atoms. The van der Waals surface area contributed by atoms with Crippen molar-refractivity contribution >= 4 is 10.0 Å². The van der Waals surface area contributed by atoms with E-state index in [1.807, 2.05) is 0 Å². The molecule has 8 nitrogen and oxygen atoms in total. The van der Waals surface area contributed by atoms with Crippen LogP contribution in [0.5, 0.6) is 0 Å². The van der Waals surface area contributed by atoms with Gasteiger partial charge < -0.3 is 0 Å². The maximum Gasteiger partial charge on any atom is 0.240 e. The molecule has 0 amide bonds. The fraction of sp³-hybridized carbons (Fsp3) is 0.0500. The van der Waals surface area contributed by atoms with Gasteiger partial charge in [-0.3, -0.25) is 4.79 Å². The van der Waals surface area contributed by atoms with Gasteiger partial charge in [0.1, 0.15) is 5.82 Å². The molecule has 0 bridgehead atoms. The predicted molar refractivity (Wildman–Crippen MR) is 109 cm³/mol. The van der Waals surface area contributed by atoms with E-state index in [-0.39, 0.29) is 16.0 Å². The molecule has 0 atom stereocenters. The van der Waals surface area contributed by atoms with Gasteiger partial charge in [-0.1, -0.05) is 6.07 Å². The van der Waals surface area contributed by atoms with Gasteiger partial charge in [0.15, 0.2) is 5.69 Å². The van der Waals surface area contributed by atoms with Crippen LogP contribution in [0.3, 0.4) is 0 Å². The minimum Gasteiger partial charge on any atom is -0.287 e. The van der Waals surface area contributed by atoms with Crippen molar-refractivity contribution in [2.75, 3.05) is 7.05 Å². The molecule has 30 heavy (non-hydrogen) atoms. The quantitative estimate of drug-likeness (QED) is 0.528. The SMILES string of the molecule is CNS(=O)(=O)c1ccc(-n2ccc(=O)c(-c3ccnn3-c3cccc(F)c3)n2)cc1. The van der Waals surface area contributed by atoms with E-state index in [4.69, 9.17) is 0 Å². The van der Waals surface area contributed by atoms with E-state index in [0.717, 1.165) is 0 Å². The summed E-state index contributed by atoms with van der Waals surface area (Å²) in [6.07, 6.45) is 2.98. The average molecular weight is 425 g/mol. The van der Waals surface area contributed by atoms with Crippen LogP contribution in [-0.4, -0.2) is 35.0 Å². The van der Waals surface area contributed by atoms with Crippen LogP contribution in [-0.2, 0) is 10.0 Å². The average Bonchev–Trinajstić information content (AvgIpc) is 3.24. The summed E-state index contributed by atoms with van der Waals surface area (Å²) >= 11 is 0. The molecule has 2 heterocycles. The second-order valence-electron chi connectivity index (χ2n) is 6.28. The minimum atomic E-state index is -3.56. The van der Waals surface area contributed by atoms with Crippen molar-refractivity contribution in [3.63, 3.8) is 0 Å². The molecule has 10 heteroatoms. The summed E-state index contributed by atoms with van der Waals surface area (Å²) in [5.74, 6) is -0.427. The highest BCUT2D eigenvalue weighted by Gasteiger charge is 2.15. The Balaban J connectivity index is 1.78. The minimum absolute atomic E-state index is 0.110. The Kier molecular flexibility index (Phi) is 5.02. The van der Waals surface area contributed by atoms with E-state index < -0.39 is 15.8 Å². The zero-order valence-electron chi connectivity index (χ0n) is 15.7. The summed E-state index contributed by atoms with van der Waals surface area (Å²) in [4.78, 5) is 12.6. The van der Waals surface area contributed by atoms with Crippen molar-refractivity contribution in [1.29, 1.82) is 0 Å². The van der Waals surface area contributed by atoms with Gasteiger partial charge in [0.2, 0.25) is 15.5 Å². The maximum absolute atomic E-state index is 13.6. The van der Waals surface area contributed by atoms with Gasteiger partial charge in [0.25, 0.3) is 0 Å². The zero-order valence-corrected chi connectivity index (χ0v) is 16.5. The molecule has 4 rings (SSSR count). The van der Waals surface area contributed by atoms with Gasteiger partial charge in [-0.15, -0.1) is 0 Å². The molecule has 1 N–H and O–H groups in total. The van der Waals surface area contributed by atoms with Crippen LogP contribution in [0.1, 0.15) is 0 Å². The number of nitrogens with zero attached hydrogens (tertiary/aromatic N) is 4. The normalized spacial score (nSPS) is 11.5. The third-order valence-electron chi connectivity index (χ3n) is 4.43. The molecule has 152 valence electrons. The molecule has 0 aliphatic heterocycles. The second kappa shape index (κ2) is 7.65. The van der Waals surface area contributed by atoms with Crippen LogP contribution >= 0.6 is 0 Å².